The van der Waals surface area contributed by atoms with Crippen molar-refractivity contribution in [2.24, 2.45) is 0 Å². The lowest BCUT2D eigenvalue weighted by molar-refractivity contribution is 0.0599. The molecule has 0 bridgehead atoms. The van der Waals surface area contributed by atoms with Gasteiger partial charge in [-0.15, -0.1) is 0 Å². The number of aromatic nitrogens is 3. The summed E-state index contributed by atoms with van der Waals surface area (Å²) in [5, 5.41) is 1.41. The maximum absolute atomic E-state index is 13.2. The number of carbonyl (C=O) groups is 2. The number of rotatable bonds is 6. The lowest BCUT2D eigenvalue weighted by Gasteiger charge is -2.12. The molecule has 7 heteroatoms. The van der Waals surface area contributed by atoms with Crippen LogP contribution in [-0.2, 0) is 4.74 Å². The highest BCUT2D eigenvalue weighted by Gasteiger charge is 2.29. The van der Waals surface area contributed by atoms with Gasteiger partial charge in [-0.2, -0.15) is 0 Å². The minimum absolute atomic E-state index is 0.0681. The number of hydrogen-bond acceptors (Lipinski definition) is 6. The van der Waals surface area contributed by atoms with Crippen molar-refractivity contribution in [2.75, 3.05) is 7.11 Å². The van der Waals surface area contributed by atoms with Crippen LogP contribution >= 0.6 is 11.8 Å². The minimum Gasteiger partial charge on any atom is -0.465 e. The van der Waals surface area contributed by atoms with E-state index >= 15 is 0 Å². The molecule has 29 heavy (non-hydrogen) atoms. The largest absolute Gasteiger partial charge is 0.465 e. The van der Waals surface area contributed by atoms with E-state index in [2.05, 4.69) is 4.98 Å². The summed E-state index contributed by atoms with van der Waals surface area (Å²) in [5.41, 5.74) is 3.04. The Balaban J connectivity index is 1.66. The Labute approximate surface area is 173 Å². The quantitative estimate of drug-likeness (QED) is 0.277. The number of fused-ring (bicyclic) bond motifs is 1. The third-order valence-electron chi connectivity index (χ3n) is 5.26. The number of H-pyrrole nitrogens is 1. The lowest BCUT2D eigenvalue weighted by atomic mass is 10.1. The summed E-state index contributed by atoms with van der Waals surface area (Å²) in [4.78, 5) is 37.8. The molecule has 0 aliphatic heterocycles. The molecule has 0 radical (unpaired) electrons. The van der Waals surface area contributed by atoms with Crippen LogP contribution in [-0.4, -0.2) is 39.1 Å². The molecule has 6 nitrogen and oxygen atoms in total. The molecule has 2 heterocycles. The van der Waals surface area contributed by atoms with E-state index in [0.29, 0.717) is 28.4 Å². The van der Waals surface area contributed by atoms with Crippen LogP contribution in [0, 0.1) is 13.8 Å². The number of para-hydroxylation sites is 1. The zero-order valence-corrected chi connectivity index (χ0v) is 17.7. The fourth-order valence-electron chi connectivity index (χ4n) is 3.51. The number of nitrogens with one attached hydrogen (secondary N) is 1. The molecule has 1 aliphatic rings. The monoisotopic (exact) mass is 409 g/mol. The SMILES string of the molecule is COC(=O)c1c(C)[nH]c(C(=O)C(C)Sc2nc(C3CC3)nc3ccccc23)c1C. The average molecular weight is 410 g/mol. The second kappa shape index (κ2) is 7.63. The van der Waals surface area contributed by atoms with E-state index in [0.717, 1.165) is 34.6 Å². The van der Waals surface area contributed by atoms with Crippen molar-refractivity contribution in [3.05, 3.63) is 52.6 Å². The molecule has 1 N–H and O–H groups in total. The molecule has 1 saturated carbocycles. The number of hydrogen-bond donors (Lipinski definition) is 1. The van der Waals surface area contributed by atoms with Crippen molar-refractivity contribution in [3.63, 3.8) is 0 Å². The Kier molecular flexibility index (Phi) is 5.17. The smallest absolute Gasteiger partial charge is 0.339 e. The van der Waals surface area contributed by atoms with E-state index in [4.69, 9.17) is 14.7 Å². The van der Waals surface area contributed by atoms with Gasteiger partial charge in [0.25, 0.3) is 0 Å². The van der Waals surface area contributed by atoms with Crippen LogP contribution in [0.5, 0.6) is 0 Å². The van der Waals surface area contributed by atoms with Gasteiger partial charge in [-0.1, -0.05) is 30.0 Å². The summed E-state index contributed by atoms with van der Waals surface area (Å²) in [6, 6.07) is 7.90. The topological polar surface area (TPSA) is 84.9 Å². The first-order valence-corrected chi connectivity index (χ1v) is 10.5. The fraction of sp³-hybridized carbons (Fsp3) is 0.364. The molecule has 0 amide bonds. The number of aryl methyl sites for hydroxylation is 1. The third-order valence-corrected chi connectivity index (χ3v) is 6.36. The van der Waals surface area contributed by atoms with Crippen LogP contribution in [0.2, 0.25) is 0 Å². The van der Waals surface area contributed by atoms with Crippen LogP contribution in [0.15, 0.2) is 29.3 Å². The van der Waals surface area contributed by atoms with Crippen molar-refractivity contribution in [1.82, 2.24) is 15.0 Å². The summed E-state index contributed by atoms with van der Waals surface area (Å²) in [5.74, 6) is 0.791. The van der Waals surface area contributed by atoms with Gasteiger partial charge in [-0.3, -0.25) is 4.79 Å². The fourth-order valence-corrected chi connectivity index (χ4v) is 4.51. The molecule has 1 unspecified atom stereocenters. The number of thioether (sulfide) groups is 1. The van der Waals surface area contributed by atoms with E-state index in [1.165, 1.54) is 18.9 Å². The molecule has 2 aromatic heterocycles. The Morgan fingerprint density at radius 1 is 1.21 bits per heavy atom. The van der Waals surface area contributed by atoms with Crippen LogP contribution < -0.4 is 0 Å². The van der Waals surface area contributed by atoms with Gasteiger partial charge in [0.05, 0.1) is 29.1 Å². The molecule has 3 aromatic rings. The summed E-state index contributed by atoms with van der Waals surface area (Å²) < 4.78 is 4.84. The highest BCUT2D eigenvalue weighted by molar-refractivity contribution is 8.00. The van der Waals surface area contributed by atoms with Crippen molar-refractivity contribution in [3.8, 4) is 0 Å². The van der Waals surface area contributed by atoms with Crippen LogP contribution in [0.25, 0.3) is 10.9 Å². The Hall–Kier alpha value is -2.67. The van der Waals surface area contributed by atoms with Gasteiger partial charge in [-0.25, -0.2) is 14.8 Å². The first-order valence-electron chi connectivity index (χ1n) is 9.65. The van der Waals surface area contributed by atoms with Gasteiger partial charge >= 0.3 is 5.97 Å². The van der Waals surface area contributed by atoms with Gasteiger partial charge in [0, 0.05) is 17.0 Å². The van der Waals surface area contributed by atoms with E-state index in [1.54, 1.807) is 13.8 Å². The average Bonchev–Trinajstić information content (AvgIpc) is 3.52. The van der Waals surface area contributed by atoms with Gasteiger partial charge in [0.2, 0.25) is 0 Å². The highest BCUT2D eigenvalue weighted by Crippen LogP contribution is 2.40. The second-order valence-corrected chi connectivity index (χ2v) is 8.75. The van der Waals surface area contributed by atoms with Crippen LogP contribution in [0.4, 0.5) is 0 Å². The van der Waals surface area contributed by atoms with Crippen molar-refractivity contribution < 1.29 is 14.3 Å². The number of nitrogens with zero attached hydrogens (tertiary/aromatic N) is 2. The summed E-state index contributed by atoms with van der Waals surface area (Å²) in [7, 11) is 1.34. The number of Topliss-reactive ketones (excluding diaryl/α,β-unsaturated/α-hetero) is 1. The van der Waals surface area contributed by atoms with Crippen LogP contribution in [0.3, 0.4) is 0 Å². The number of esters is 1. The molecule has 0 saturated heterocycles. The van der Waals surface area contributed by atoms with Crippen molar-refractivity contribution in [2.45, 2.75) is 49.8 Å². The first-order chi connectivity index (χ1) is 13.9. The number of benzene rings is 1. The maximum Gasteiger partial charge on any atom is 0.339 e. The van der Waals surface area contributed by atoms with Crippen LogP contribution in [0.1, 0.15) is 63.6 Å². The molecular weight excluding hydrogens is 386 g/mol. The lowest BCUT2D eigenvalue weighted by Crippen LogP contribution is -2.16. The Bertz CT molecular complexity index is 1120. The number of ether oxygens (including phenoxy) is 1. The van der Waals surface area contributed by atoms with E-state index in [9.17, 15) is 9.59 Å². The summed E-state index contributed by atoms with van der Waals surface area (Å²) >= 11 is 1.44. The van der Waals surface area contributed by atoms with E-state index in [-0.39, 0.29) is 11.0 Å². The first kappa shape index (κ1) is 19.6. The molecule has 1 aliphatic carbocycles. The van der Waals surface area contributed by atoms with Gasteiger partial charge in [0.1, 0.15) is 10.9 Å². The molecule has 150 valence electrons. The standard InChI is InChI=1S/C22H23N3O3S/c1-11-17(22(27)28-4)12(2)23-18(11)19(26)13(3)29-21-15-7-5-6-8-16(15)24-20(25-21)14-9-10-14/h5-8,13-14,23H,9-10H2,1-4H3. The highest BCUT2D eigenvalue weighted by atomic mass is 32.2. The summed E-state index contributed by atoms with van der Waals surface area (Å²) in [6.45, 7) is 5.41. The second-order valence-electron chi connectivity index (χ2n) is 7.42. The molecular formula is C22H23N3O3S. The minimum atomic E-state index is -0.438. The zero-order valence-electron chi connectivity index (χ0n) is 16.9. The number of methoxy groups -OCH3 is 1. The van der Waals surface area contributed by atoms with Gasteiger partial charge in [-0.05, 0) is 45.2 Å². The Morgan fingerprint density at radius 3 is 2.62 bits per heavy atom. The molecule has 0 spiro atoms. The maximum atomic E-state index is 13.2. The van der Waals surface area contributed by atoms with Crippen molar-refractivity contribution in [1.29, 1.82) is 0 Å². The molecule has 1 fully saturated rings. The molecule has 4 rings (SSSR count). The predicted octanol–water partition coefficient (Wildman–Crippen LogP) is 4.60. The predicted molar refractivity (Wildman–Crippen MR) is 113 cm³/mol. The number of carbonyl (C=O) groups excluding carboxylic acids is 2. The number of aromatic amines is 1. The zero-order chi connectivity index (χ0) is 20.7. The third kappa shape index (κ3) is 3.67. The van der Waals surface area contributed by atoms with Crippen molar-refractivity contribution >= 4 is 34.4 Å². The normalized spacial score (nSPS) is 14.8. The number of ketones is 1. The molecule has 1 aromatic carbocycles. The summed E-state index contributed by atoms with van der Waals surface area (Å²) in [6.07, 6.45) is 2.24. The molecule has 1 atom stereocenters. The Morgan fingerprint density at radius 2 is 1.93 bits per heavy atom. The van der Waals surface area contributed by atoms with E-state index < -0.39 is 5.97 Å². The van der Waals surface area contributed by atoms with E-state index in [1.807, 2.05) is 31.2 Å². The van der Waals surface area contributed by atoms with Gasteiger partial charge in [0.15, 0.2) is 5.78 Å². The van der Waals surface area contributed by atoms with Gasteiger partial charge < -0.3 is 9.72 Å².